The summed E-state index contributed by atoms with van der Waals surface area (Å²) in [6.45, 7) is 5.35. The smallest absolute Gasteiger partial charge is 0.132 e. The number of fused-ring (bicyclic) bond motifs is 1. The van der Waals surface area contributed by atoms with E-state index < -0.39 is 0 Å². The quantitative estimate of drug-likeness (QED) is 0.928. The van der Waals surface area contributed by atoms with Gasteiger partial charge in [-0.15, -0.1) is 0 Å². The third kappa shape index (κ3) is 2.79. The molecule has 0 radical (unpaired) electrons. The summed E-state index contributed by atoms with van der Waals surface area (Å²) in [5, 5.41) is 3.25. The van der Waals surface area contributed by atoms with Gasteiger partial charge in [-0.1, -0.05) is 23.8 Å². The van der Waals surface area contributed by atoms with Gasteiger partial charge in [0.05, 0.1) is 0 Å². The maximum atomic E-state index is 4.68. The highest BCUT2D eigenvalue weighted by Gasteiger charge is 2.19. The number of anilines is 2. The van der Waals surface area contributed by atoms with Crippen LogP contribution in [-0.2, 0) is 6.42 Å². The minimum absolute atomic E-state index is 0.336. The molecule has 1 aliphatic heterocycles. The Morgan fingerprint density at radius 2 is 2.10 bits per heavy atom. The lowest BCUT2D eigenvalue weighted by atomic mass is 9.99. The zero-order chi connectivity index (χ0) is 14.8. The van der Waals surface area contributed by atoms with Gasteiger partial charge < -0.3 is 10.2 Å². The molecule has 0 spiro atoms. The van der Waals surface area contributed by atoms with Crippen LogP contribution < -0.4 is 10.2 Å². The Bertz CT molecular complexity index is 619. The van der Waals surface area contributed by atoms with E-state index in [1.54, 1.807) is 0 Å². The Balaban J connectivity index is 1.92. The first-order valence-corrected chi connectivity index (χ1v) is 7.69. The van der Waals surface area contributed by atoms with Crippen molar-refractivity contribution in [3.05, 3.63) is 53.2 Å². The fourth-order valence-electron chi connectivity index (χ4n) is 2.94. The lowest BCUT2D eigenvalue weighted by Gasteiger charge is -2.31. The van der Waals surface area contributed by atoms with Crippen molar-refractivity contribution in [2.45, 2.75) is 32.7 Å². The van der Waals surface area contributed by atoms with Gasteiger partial charge in [0.25, 0.3) is 0 Å². The van der Waals surface area contributed by atoms with Crippen molar-refractivity contribution in [2.75, 3.05) is 18.5 Å². The summed E-state index contributed by atoms with van der Waals surface area (Å²) in [5.74, 6) is 1.05. The number of pyridine rings is 1. The summed E-state index contributed by atoms with van der Waals surface area (Å²) < 4.78 is 0. The summed E-state index contributed by atoms with van der Waals surface area (Å²) in [6.07, 6.45) is 4.34. The summed E-state index contributed by atoms with van der Waals surface area (Å²) in [7, 11) is 1.97. The van der Waals surface area contributed by atoms with E-state index in [9.17, 15) is 0 Å². The normalized spacial score (nSPS) is 15.7. The maximum Gasteiger partial charge on any atom is 0.132 e. The number of rotatable bonds is 3. The first-order chi connectivity index (χ1) is 10.2. The van der Waals surface area contributed by atoms with Gasteiger partial charge in [0.1, 0.15) is 5.82 Å². The van der Waals surface area contributed by atoms with Crippen LogP contribution in [-0.4, -0.2) is 18.6 Å². The zero-order valence-corrected chi connectivity index (χ0v) is 13.1. The van der Waals surface area contributed by atoms with Gasteiger partial charge in [0.15, 0.2) is 0 Å². The van der Waals surface area contributed by atoms with E-state index in [0.717, 1.165) is 12.4 Å². The van der Waals surface area contributed by atoms with Crippen LogP contribution in [0.25, 0.3) is 0 Å². The zero-order valence-electron chi connectivity index (χ0n) is 13.1. The fourth-order valence-corrected chi connectivity index (χ4v) is 2.94. The Hall–Kier alpha value is -1.87. The van der Waals surface area contributed by atoms with E-state index in [2.05, 4.69) is 59.4 Å². The molecule has 1 unspecified atom stereocenters. The van der Waals surface area contributed by atoms with Crippen LogP contribution in [0.4, 0.5) is 11.5 Å². The summed E-state index contributed by atoms with van der Waals surface area (Å²) >= 11 is 0. The summed E-state index contributed by atoms with van der Waals surface area (Å²) in [6, 6.07) is 11.4. The molecule has 2 aromatic rings. The predicted molar refractivity (Wildman–Crippen MR) is 88.2 cm³/mol. The van der Waals surface area contributed by atoms with Crippen LogP contribution in [0.1, 0.15) is 36.1 Å². The molecule has 110 valence electrons. The van der Waals surface area contributed by atoms with Gasteiger partial charge in [-0.05, 0) is 57.0 Å². The van der Waals surface area contributed by atoms with Crippen molar-refractivity contribution in [1.29, 1.82) is 0 Å². The summed E-state index contributed by atoms with van der Waals surface area (Å²) in [5.41, 5.74) is 5.31. The number of aromatic nitrogens is 1. The van der Waals surface area contributed by atoms with Gasteiger partial charge in [-0.2, -0.15) is 0 Å². The van der Waals surface area contributed by atoms with Crippen molar-refractivity contribution in [2.24, 2.45) is 0 Å². The molecule has 0 saturated carbocycles. The number of nitrogens with one attached hydrogen (secondary N) is 1. The van der Waals surface area contributed by atoms with Crippen LogP contribution in [0, 0.1) is 6.92 Å². The number of benzene rings is 1. The fraction of sp³-hybridized carbons (Fsp3) is 0.389. The molecule has 3 heteroatoms. The monoisotopic (exact) mass is 281 g/mol. The van der Waals surface area contributed by atoms with Gasteiger partial charge in [-0.3, -0.25) is 0 Å². The average Bonchev–Trinajstić information content (AvgIpc) is 2.53. The van der Waals surface area contributed by atoms with E-state index >= 15 is 0 Å². The van der Waals surface area contributed by atoms with Crippen molar-refractivity contribution < 1.29 is 0 Å². The predicted octanol–water partition coefficient (Wildman–Crippen LogP) is 3.75. The van der Waals surface area contributed by atoms with Crippen LogP contribution >= 0.6 is 0 Å². The highest BCUT2D eigenvalue weighted by Crippen LogP contribution is 2.33. The maximum absolute atomic E-state index is 4.68. The number of hydrogen-bond acceptors (Lipinski definition) is 3. The highest BCUT2D eigenvalue weighted by atomic mass is 15.2. The largest absolute Gasteiger partial charge is 0.326 e. The molecule has 1 aromatic heterocycles. The average molecular weight is 281 g/mol. The summed E-state index contributed by atoms with van der Waals surface area (Å²) in [4.78, 5) is 7.02. The molecule has 0 aliphatic carbocycles. The number of hydrogen-bond donors (Lipinski definition) is 1. The van der Waals surface area contributed by atoms with Gasteiger partial charge in [0.2, 0.25) is 0 Å². The minimum atomic E-state index is 0.336. The third-order valence-corrected chi connectivity index (χ3v) is 4.33. The topological polar surface area (TPSA) is 28.2 Å². The Labute approximate surface area is 127 Å². The lowest BCUT2D eigenvalue weighted by molar-refractivity contribution is 0.649. The van der Waals surface area contributed by atoms with Crippen molar-refractivity contribution in [1.82, 2.24) is 10.3 Å². The van der Waals surface area contributed by atoms with Gasteiger partial charge in [-0.25, -0.2) is 4.98 Å². The number of nitrogens with zero attached hydrogens (tertiary/aromatic N) is 2. The van der Waals surface area contributed by atoms with Gasteiger partial charge in [0, 0.05) is 24.5 Å². The molecule has 1 N–H and O–H groups in total. The Kier molecular flexibility index (Phi) is 3.93. The third-order valence-electron chi connectivity index (χ3n) is 4.33. The van der Waals surface area contributed by atoms with E-state index in [4.69, 9.17) is 0 Å². The molecule has 1 aliphatic rings. The van der Waals surface area contributed by atoms with Crippen molar-refractivity contribution >= 4 is 11.5 Å². The molecular formula is C18H23N3. The molecule has 2 heterocycles. The first-order valence-electron chi connectivity index (χ1n) is 7.69. The van der Waals surface area contributed by atoms with Crippen LogP contribution in [0.2, 0.25) is 0 Å². The second-order valence-electron chi connectivity index (χ2n) is 5.85. The molecular weight excluding hydrogens is 258 g/mol. The lowest BCUT2D eigenvalue weighted by Crippen LogP contribution is -2.25. The SMILES string of the molecule is CNC(C)c1ccc(N2CCCc3cc(C)ccc32)nc1. The highest BCUT2D eigenvalue weighted by molar-refractivity contribution is 5.66. The molecule has 0 amide bonds. The van der Waals surface area contributed by atoms with Crippen LogP contribution in [0.15, 0.2) is 36.5 Å². The van der Waals surface area contributed by atoms with Crippen molar-refractivity contribution in [3.8, 4) is 0 Å². The second kappa shape index (κ2) is 5.86. The molecule has 21 heavy (non-hydrogen) atoms. The molecule has 3 rings (SSSR count). The van der Waals surface area contributed by atoms with E-state index in [1.807, 2.05) is 13.2 Å². The second-order valence-corrected chi connectivity index (χ2v) is 5.85. The molecule has 1 aromatic carbocycles. The van der Waals surface area contributed by atoms with E-state index in [1.165, 1.54) is 35.2 Å². The van der Waals surface area contributed by atoms with E-state index in [0.29, 0.717) is 6.04 Å². The standard InChI is InChI=1S/C18H23N3/c1-13-6-8-17-15(11-13)5-4-10-21(17)18-9-7-16(12-20-18)14(2)19-3/h6-9,11-12,14,19H,4-5,10H2,1-3H3. The van der Waals surface area contributed by atoms with Crippen LogP contribution in [0.5, 0.6) is 0 Å². The Morgan fingerprint density at radius 3 is 2.81 bits per heavy atom. The molecule has 3 nitrogen and oxygen atoms in total. The minimum Gasteiger partial charge on any atom is -0.326 e. The van der Waals surface area contributed by atoms with E-state index in [-0.39, 0.29) is 0 Å². The molecule has 1 atom stereocenters. The Morgan fingerprint density at radius 1 is 1.24 bits per heavy atom. The first kappa shape index (κ1) is 14.1. The van der Waals surface area contributed by atoms with Gasteiger partial charge >= 0.3 is 0 Å². The van der Waals surface area contributed by atoms with Crippen LogP contribution in [0.3, 0.4) is 0 Å². The molecule has 0 saturated heterocycles. The van der Waals surface area contributed by atoms with Crippen molar-refractivity contribution in [3.63, 3.8) is 0 Å². The number of aryl methyl sites for hydroxylation is 2. The molecule has 0 bridgehead atoms. The molecule has 0 fully saturated rings.